The molecule has 6 nitrogen and oxygen atoms in total. The average Bonchev–Trinajstić information content (AvgIpc) is 3.25. The Hall–Kier alpha value is -1.87. The van der Waals surface area contributed by atoms with Gasteiger partial charge in [0.25, 0.3) is 5.91 Å². The Bertz CT molecular complexity index is 960. The lowest BCUT2D eigenvalue weighted by Gasteiger charge is -2.21. The van der Waals surface area contributed by atoms with Gasteiger partial charge in [-0.3, -0.25) is 4.79 Å². The lowest BCUT2D eigenvalue weighted by atomic mass is 9.95. The Labute approximate surface area is 163 Å². The molecule has 8 heteroatoms. The highest BCUT2D eigenvalue weighted by Crippen LogP contribution is 2.30. The van der Waals surface area contributed by atoms with Crippen molar-refractivity contribution in [1.29, 1.82) is 0 Å². The van der Waals surface area contributed by atoms with Crippen molar-refractivity contribution in [2.75, 3.05) is 0 Å². The topological polar surface area (TPSA) is 101 Å². The summed E-state index contributed by atoms with van der Waals surface area (Å²) < 4.78 is 22.9. The van der Waals surface area contributed by atoms with Gasteiger partial charge < -0.3 is 10.6 Å². The van der Waals surface area contributed by atoms with E-state index in [1.807, 2.05) is 18.2 Å². The minimum absolute atomic E-state index is 0.0536. The molecule has 2 aromatic carbocycles. The quantitative estimate of drug-likeness (QED) is 0.710. The zero-order chi connectivity index (χ0) is 19.0. The van der Waals surface area contributed by atoms with Gasteiger partial charge in [-0.1, -0.05) is 17.8 Å². The van der Waals surface area contributed by atoms with E-state index in [1.165, 1.54) is 24.2 Å². The summed E-state index contributed by atoms with van der Waals surface area (Å²) in [4.78, 5) is 14.2. The Balaban J connectivity index is 1.41. The highest BCUT2D eigenvalue weighted by Gasteiger charge is 2.39. The molecule has 4 N–H and O–H groups in total. The van der Waals surface area contributed by atoms with E-state index in [0.717, 1.165) is 22.6 Å². The third-order valence-corrected chi connectivity index (χ3v) is 7.01. The number of nitrogens with two attached hydrogens (primary N) is 1. The van der Waals surface area contributed by atoms with E-state index in [1.54, 1.807) is 24.3 Å². The van der Waals surface area contributed by atoms with E-state index in [-0.39, 0.29) is 16.8 Å². The second-order valence-electron chi connectivity index (χ2n) is 7.01. The maximum absolute atomic E-state index is 12.5. The van der Waals surface area contributed by atoms with Crippen molar-refractivity contribution in [3.8, 4) is 0 Å². The number of rotatable bonds is 5. The van der Waals surface area contributed by atoms with Crippen LogP contribution in [0, 0.1) is 0 Å². The Morgan fingerprint density at radius 1 is 1.11 bits per heavy atom. The number of sulfonamides is 1. The molecule has 0 aliphatic carbocycles. The summed E-state index contributed by atoms with van der Waals surface area (Å²) in [5, 5.41) is 11.8. The van der Waals surface area contributed by atoms with Gasteiger partial charge in [0, 0.05) is 33.5 Å². The second kappa shape index (κ2) is 7.27. The monoisotopic (exact) mass is 403 g/mol. The van der Waals surface area contributed by atoms with Crippen molar-refractivity contribution in [3.05, 3.63) is 54.1 Å². The number of hydrogen-bond acceptors (Lipinski definition) is 5. The van der Waals surface area contributed by atoms with Crippen LogP contribution in [0.1, 0.15) is 29.6 Å². The van der Waals surface area contributed by atoms with Crippen molar-refractivity contribution >= 4 is 27.7 Å². The number of carbonyl (C=O) groups is 1. The molecule has 0 aromatic heterocycles. The first kappa shape index (κ1) is 18.5. The van der Waals surface area contributed by atoms with E-state index >= 15 is 0 Å². The maximum Gasteiger partial charge on any atom is 0.251 e. The standard InChI is InChI=1S/C19H21N3O3S2/c20-27(24,25)16-3-1-2-15(11-16)26-14-7-4-12(5-8-14)19(23)22-18-10-13-6-9-17(18)21-13/h1-5,7-8,11,13,17-18,21H,6,9-10H2,(H,22,23)(H2,20,24,25)/t13-,17+,18-/m1/s1. The molecule has 2 saturated heterocycles. The number of nitrogens with one attached hydrogen (secondary N) is 2. The van der Waals surface area contributed by atoms with Crippen molar-refractivity contribution in [1.82, 2.24) is 10.6 Å². The molecule has 2 aliphatic rings. The summed E-state index contributed by atoms with van der Waals surface area (Å²) in [5.74, 6) is -0.0536. The molecule has 2 aromatic rings. The fourth-order valence-electron chi connectivity index (χ4n) is 3.76. The zero-order valence-corrected chi connectivity index (χ0v) is 16.2. The van der Waals surface area contributed by atoms with Gasteiger partial charge in [0.05, 0.1) is 4.90 Å². The summed E-state index contributed by atoms with van der Waals surface area (Å²) in [7, 11) is -3.72. The molecule has 27 heavy (non-hydrogen) atoms. The van der Waals surface area contributed by atoms with Gasteiger partial charge in [-0.05, 0) is 61.7 Å². The van der Waals surface area contributed by atoms with Crippen LogP contribution in [0.4, 0.5) is 0 Å². The molecule has 0 saturated carbocycles. The molecular formula is C19H21N3O3S2. The SMILES string of the molecule is NS(=O)(=O)c1cccc(Sc2ccc(C(=O)N[C@@H]3C[C@H]4CC[C@@H]3N4)cc2)c1. The minimum atomic E-state index is -3.72. The van der Waals surface area contributed by atoms with Crippen LogP contribution in [0.25, 0.3) is 0 Å². The van der Waals surface area contributed by atoms with Crippen LogP contribution in [0.3, 0.4) is 0 Å². The molecule has 0 radical (unpaired) electrons. The molecule has 0 unspecified atom stereocenters. The highest BCUT2D eigenvalue weighted by molar-refractivity contribution is 7.99. The van der Waals surface area contributed by atoms with Crippen LogP contribution >= 0.6 is 11.8 Å². The smallest absolute Gasteiger partial charge is 0.251 e. The average molecular weight is 404 g/mol. The molecule has 2 heterocycles. The first-order chi connectivity index (χ1) is 12.9. The number of amides is 1. The molecule has 0 spiro atoms. The van der Waals surface area contributed by atoms with Gasteiger partial charge in [-0.2, -0.15) is 0 Å². The Kier molecular flexibility index (Phi) is 4.98. The summed E-state index contributed by atoms with van der Waals surface area (Å²) in [6, 6.07) is 15.0. The van der Waals surface area contributed by atoms with Gasteiger partial charge in [0.2, 0.25) is 10.0 Å². The molecule has 1 amide bonds. The summed E-state index contributed by atoms with van der Waals surface area (Å²) in [5.41, 5.74) is 0.625. The van der Waals surface area contributed by atoms with Gasteiger partial charge >= 0.3 is 0 Å². The van der Waals surface area contributed by atoms with E-state index in [9.17, 15) is 13.2 Å². The molecule has 3 atom stereocenters. The van der Waals surface area contributed by atoms with Crippen LogP contribution in [0.5, 0.6) is 0 Å². The second-order valence-corrected chi connectivity index (χ2v) is 9.72. The van der Waals surface area contributed by atoms with Crippen molar-refractivity contribution < 1.29 is 13.2 Å². The van der Waals surface area contributed by atoms with Crippen LogP contribution < -0.4 is 15.8 Å². The van der Waals surface area contributed by atoms with Crippen molar-refractivity contribution in [2.24, 2.45) is 5.14 Å². The lowest BCUT2D eigenvalue weighted by molar-refractivity contribution is 0.0931. The molecule has 2 aliphatic heterocycles. The first-order valence-corrected chi connectivity index (χ1v) is 11.2. The number of fused-ring (bicyclic) bond motifs is 2. The van der Waals surface area contributed by atoms with Gasteiger partial charge in [0.1, 0.15) is 0 Å². The van der Waals surface area contributed by atoms with Crippen LogP contribution in [-0.2, 0) is 10.0 Å². The van der Waals surface area contributed by atoms with E-state index in [2.05, 4.69) is 10.6 Å². The zero-order valence-electron chi connectivity index (χ0n) is 14.6. The van der Waals surface area contributed by atoms with Gasteiger partial charge in [-0.15, -0.1) is 0 Å². The third-order valence-electron chi connectivity index (χ3n) is 5.10. The van der Waals surface area contributed by atoms with Gasteiger partial charge in [-0.25, -0.2) is 13.6 Å². The lowest BCUT2D eigenvalue weighted by Crippen LogP contribution is -2.42. The Morgan fingerprint density at radius 3 is 2.52 bits per heavy atom. The van der Waals surface area contributed by atoms with Crippen molar-refractivity contribution in [2.45, 2.75) is 52.1 Å². The molecular weight excluding hydrogens is 382 g/mol. The minimum Gasteiger partial charge on any atom is -0.348 e. The largest absolute Gasteiger partial charge is 0.348 e. The first-order valence-electron chi connectivity index (χ1n) is 8.86. The summed E-state index contributed by atoms with van der Waals surface area (Å²) in [6.07, 6.45) is 3.34. The predicted molar refractivity (Wildman–Crippen MR) is 104 cm³/mol. The molecule has 142 valence electrons. The van der Waals surface area contributed by atoms with Crippen LogP contribution in [0.15, 0.2) is 63.2 Å². The van der Waals surface area contributed by atoms with Crippen LogP contribution in [-0.4, -0.2) is 32.5 Å². The van der Waals surface area contributed by atoms with Crippen LogP contribution in [0.2, 0.25) is 0 Å². The number of carbonyl (C=O) groups excluding carboxylic acids is 1. The summed E-state index contributed by atoms with van der Waals surface area (Å²) >= 11 is 1.42. The predicted octanol–water partition coefficient (Wildman–Crippen LogP) is 2.11. The maximum atomic E-state index is 12.5. The van der Waals surface area contributed by atoms with E-state index in [0.29, 0.717) is 17.6 Å². The molecule has 2 fully saturated rings. The van der Waals surface area contributed by atoms with Gasteiger partial charge in [0.15, 0.2) is 0 Å². The number of primary sulfonamides is 1. The fourth-order valence-corrected chi connectivity index (χ4v) is 5.27. The van der Waals surface area contributed by atoms with Crippen molar-refractivity contribution in [3.63, 3.8) is 0 Å². The molecule has 4 rings (SSSR count). The highest BCUT2D eigenvalue weighted by atomic mass is 32.2. The number of benzene rings is 2. The fraction of sp³-hybridized carbons (Fsp3) is 0.316. The Morgan fingerprint density at radius 2 is 1.89 bits per heavy atom. The third kappa shape index (κ3) is 4.19. The van der Waals surface area contributed by atoms with E-state index < -0.39 is 10.0 Å². The molecule has 2 bridgehead atoms. The normalized spacial score (nSPS) is 24.1. The number of hydrogen-bond donors (Lipinski definition) is 3. The van der Waals surface area contributed by atoms with E-state index in [4.69, 9.17) is 5.14 Å². The summed E-state index contributed by atoms with van der Waals surface area (Å²) in [6.45, 7) is 0.